The van der Waals surface area contributed by atoms with Crippen LogP contribution >= 0.6 is 0 Å². The predicted octanol–water partition coefficient (Wildman–Crippen LogP) is 2.55. The molecule has 0 aromatic heterocycles. The third-order valence-corrected chi connectivity index (χ3v) is 3.91. The lowest BCUT2D eigenvalue weighted by Crippen LogP contribution is -2.44. The van der Waals surface area contributed by atoms with E-state index >= 15 is 0 Å². The van der Waals surface area contributed by atoms with Gasteiger partial charge in [0, 0.05) is 12.5 Å². The summed E-state index contributed by atoms with van der Waals surface area (Å²) in [5.41, 5.74) is 1.16. The van der Waals surface area contributed by atoms with Crippen molar-refractivity contribution >= 4 is 5.91 Å². The topological polar surface area (TPSA) is 29.5 Å². The lowest BCUT2D eigenvalue weighted by Gasteiger charge is -2.34. The zero-order valence-electron chi connectivity index (χ0n) is 11.0. The molecule has 1 aliphatic heterocycles. The number of amides is 1. The van der Waals surface area contributed by atoms with Crippen LogP contribution < -0.4 is 0 Å². The van der Waals surface area contributed by atoms with Gasteiger partial charge in [0.1, 0.15) is 6.10 Å². The highest BCUT2D eigenvalue weighted by molar-refractivity contribution is 5.79. The maximum Gasteiger partial charge on any atom is 0.226 e. The molecular weight excluding hydrogens is 238 g/mol. The summed E-state index contributed by atoms with van der Waals surface area (Å²) in [4.78, 5) is 14.4. The van der Waals surface area contributed by atoms with Gasteiger partial charge in [0.05, 0.1) is 13.2 Å². The van der Waals surface area contributed by atoms with E-state index in [-0.39, 0.29) is 17.9 Å². The van der Waals surface area contributed by atoms with Crippen LogP contribution in [0.25, 0.3) is 0 Å². The molecule has 1 heterocycles. The maximum atomic E-state index is 12.4. The molecule has 0 radical (unpaired) electrons. The number of ether oxygens (including phenoxy) is 1. The summed E-state index contributed by atoms with van der Waals surface area (Å²) in [6.45, 7) is 2.03. The molecule has 1 atom stereocenters. The highest BCUT2D eigenvalue weighted by Crippen LogP contribution is 2.26. The van der Waals surface area contributed by atoms with E-state index in [9.17, 15) is 4.79 Å². The molecule has 1 amide bonds. The van der Waals surface area contributed by atoms with Crippen molar-refractivity contribution in [3.8, 4) is 0 Å². The van der Waals surface area contributed by atoms with Gasteiger partial charge in [-0.05, 0) is 18.4 Å². The highest BCUT2D eigenvalue weighted by atomic mass is 16.5. The molecule has 1 saturated heterocycles. The molecule has 0 spiro atoms. The maximum absolute atomic E-state index is 12.4. The monoisotopic (exact) mass is 257 g/mol. The zero-order valence-corrected chi connectivity index (χ0v) is 11.0. The standard InChI is InChI=1S/C16H19NO2/c18-16(14-8-4-5-9-14)17-10-11-19-15(12-17)13-6-2-1-3-7-13/h1-7,14-15H,8-12H2/t15-/m0/s1. The van der Waals surface area contributed by atoms with Gasteiger partial charge in [0.25, 0.3) is 0 Å². The molecule has 1 aromatic rings. The van der Waals surface area contributed by atoms with Crippen molar-refractivity contribution in [1.29, 1.82) is 0 Å². The van der Waals surface area contributed by atoms with Crippen LogP contribution in [0.1, 0.15) is 24.5 Å². The van der Waals surface area contributed by atoms with Crippen LogP contribution in [-0.4, -0.2) is 30.5 Å². The highest BCUT2D eigenvalue weighted by Gasteiger charge is 2.29. The molecule has 1 aliphatic carbocycles. The summed E-state index contributed by atoms with van der Waals surface area (Å²) in [6, 6.07) is 10.2. The summed E-state index contributed by atoms with van der Waals surface area (Å²) >= 11 is 0. The van der Waals surface area contributed by atoms with E-state index < -0.39 is 0 Å². The number of carbonyl (C=O) groups is 1. The second kappa shape index (κ2) is 5.57. The number of benzene rings is 1. The van der Waals surface area contributed by atoms with Gasteiger partial charge >= 0.3 is 0 Å². The van der Waals surface area contributed by atoms with E-state index in [0.717, 1.165) is 24.9 Å². The van der Waals surface area contributed by atoms with E-state index in [2.05, 4.69) is 24.3 Å². The van der Waals surface area contributed by atoms with Crippen LogP contribution in [0.15, 0.2) is 42.5 Å². The number of allylic oxidation sites excluding steroid dienone is 2. The summed E-state index contributed by atoms with van der Waals surface area (Å²) in [5, 5.41) is 0. The third kappa shape index (κ3) is 2.71. The van der Waals surface area contributed by atoms with Crippen LogP contribution in [-0.2, 0) is 9.53 Å². The second-order valence-electron chi connectivity index (χ2n) is 5.19. The zero-order chi connectivity index (χ0) is 13.1. The fraction of sp³-hybridized carbons (Fsp3) is 0.438. The predicted molar refractivity (Wildman–Crippen MR) is 73.6 cm³/mol. The summed E-state index contributed by atoms with van der Waals surface area (Å²) in [7, 11) is 0. The van der Waals surface area contributed by atoms with Crippen LogP contribution in [0, 0.1) is 5.92 Å². The van der Waals surface area contributed by atoms with Crippen molar-refractivity contribution in [3.63, 3.8) is 0 Å². The van der Waals surface area contributed by atoms with E-state index in [0.29, 0.717) is 13.2 Å². The van der Waals surface area contributed by atoms with E-state index in [1.165, 1.54) is 0 Å². The Kier molecular flexibility index (Phi) is 3.65. The number of hydrogen-bond acceptors (Lipinski definition) is 2. The van der Waals surface area contributed by atoms with Gasteiger partial charge in [-0.2, -0.15) is 0 Å². The Bertz CT molecular complexity index is 461. The number of morpholine rings is 1. The van der Waals surface area contributed by atoms with Crippen molar-refractivity contribution in [2.75, 3.05) is 19.7 Å². The third-order valence-electron chi connectivity index (χ3n) is 3.91. The molecule has 3 nitrogen and oxygen atoms in total. The fourth-order valence-corrected chi connectivity index (χ4v) is 2.80. The number of hydrogen-bond donors (Lipinski definition) is 0. The molecule has 3 heteroatoms. The second-order valence-corrected chi connectivity index (χ2v) is 5.19. The largest absolute Gasteiger partial charge is 0.370 e. The fourth-order valence-electron chi connectivity index (χ4n) is 2.80. The molecule has 1 fully saturated rings. The molecule has 2 aliphatic rings. The smallest absolute Gasteiger partial charge is 0.226 e. The number of nitrogens with zero attached hydrogens (tertiary/aromatic N) is 1. The first-order valence-electron chi connectivity index (χ1n) is 6.95. The van der Waals surface area contributed by atoms with Gasteiger partial charge in [-0.15, -0.1) is 0 Å². The summed E-state index contributed by atoms with van der Waals surface area (Å²) in [6.07, 6.45) is 6.03. The van der Waals surface area contributed by atoms with Gasteiger partial charge in [-0.25, -0.2) is 0 Å². The minimum absolute atomic E-state index is 0.0215. The van der Waals surface area contributed by atoms with Gasteiger partial charge in [-0.3, -0.25) is 4.79 Å². The average molecular weight is 257 g/mol. The molecule has 0 unspecified atom stereocenters. The molecule has 100 valence electrons. The van der Waals surface area contributed by atoms with Gasteiger partial charge in [0.15, 0.2) is 0 Å². The van der Waals surface area contributed by atoms with E-state index in [1.807, 2.05) is 23.1 Å². The van der Waals surface area contributed by atoms with Crippen LogP contribution in [0.2, 0.25) is 0 Å². The Balaban J connectivity index is 1.66. The Morgan fingerprint density at radius 1 is 1.16 bits per heavy atom. The van der Waals surface area contributed by atoms with Gasteiger partial charge in [0.2, 0.25) is 5.91 Å². The molecule has 0 bridgehead atoms. The Morgan fingerprint density at radius 2 is 1.89 bits per heavy atom. The number of rotatable bonds is 2. The Hall–Kier alpha value is -1.61. The molecule has 3 rings (SSSR count). The van der Waals surface area contributed by atoms with Crippen molar-refractivity contribution < 1.29 is 9.53 Å². The molecule has 0 saturated carbocycles. The molecule has 19 heavy (non-hydrogen) atoms. The van der Waals surface area contributed by atoms with Gasteiger partial charge in [-0.1, -0.05) is 42.5 Å². The number of carbonyl (C=O) groups excluding carboxylic acids is 1. The minimum atomic E-state index is 0.0215. The van der Waals surface area contributed by atoms with Gasteiger partial charge < -0.3 is 9.64 Å². The van der Waals surface area contributed by atoms with Crippen molar-refractivity contribution in [2.24, 2.45) is 5.92 Å². The van der Waals surface area contributed by atoms with Crippen LogP contribution in [0.4, 0.5) is 0 Å². The lowest BCUT2D eigenvalue weighted by molar-refractivity contribution is -0.143. The van der Waals surface area contributed by atoms with E-state index in [1.54, 1.807) is 0 Å². The minimum Gasteiger partial charge on any atom is -0.370 e. The van der Waals surface area contributed by atoms with Crippen LogP contribution in [0.5, 0.6) is 0 Å². The quantitative estimate of drug-likeness (QED) is 0.762. The molecule has 1 aromatic carbocycles. The summed E-state index contributed by atoms with van der Waals surface area (Å²) in [5.74, 6) is 0.448. The first-order valence-corrected chi connectivity index (χ1v) is 6.95. The molecular formula is C16H19NO2. The SMILES string of the molecule is O=C(C1CC=CC1)N1CCO[C@H](c2ccccc2)C1. The first kappa shape index (κ1) is 12.4. The summed E-state index contributed by atoms with van der Waals surface area (Å²) < 4.78 is 5.80. The normalized spacial score (nSPS) is 23.8. The average Bonchev–Trinajstić information content (AvgIpc) is 3.02. The Morgan fingerprint density at radius 3 is 2.63 bits per heavy atom. The lowest BCUT2D eigenvalue weighted by atomic mass is 10.0. The Labute approximate surface area is 113 Å². The molecule has 0 N–H and O–H groups in total. The van der Waals surface area contributed by atoms with Crippen LogP contribution in [0.3, 0.4) is 0 Å². The first-order chi connectivity index (χ1) is 9.34. The van der Waals surface area contributed by atoms with E-state index in [4.69, 9.17) is 4.74 Å². The van der Waals surface area contributed by atoms with Crippen molar-refractivity contribution in [2.45, 2.75) is 18.9 Å². The van der Waals surface area contributed by atoms with Crippen molar-refractivity contribution in [1.82, 2.24) is 4.90 Å². The van der Waals surface area contributed by atoms with Crippen molar-refractivity contribution in [3.05, 3.63) is 48.0 Å².